The molecule has 1 fully saturated rings. The Kier molecular flexibility index (Phi) is 4.00. The van der Waals surface area contributed by atoms with Gasteiger partial charge in [-0.05, 0) is 49.6 Å². The van der Waals surface area contributed by atoms with Gasteiger partial charge < -0.3 is 14.6 Å². The number of hydrogen-bond donors (Lipinski definition) is 1. The van der Waals surface area contributed by atoms with Crippen LogP contribution in [-0.2, 0) is 0 Å². The summed E-state index contributed by atoms with van der Waals surface area (Å²) in [6, 6.07) is 13.7. The number of anilines is 1. The lowest BCUT2D eigenvalue weighted by Gasteiger charge is -2.27. The molecule has 2 aromatic carbocycles. The summed E-state index contributed by atoms with van der Waals surface area (Å²) < 4.78 is 5.33. The van der Waals surface area contributed by atoms with Gasteiger partial charge in [0, 0.05) is 24.4 Å². The molecule has 3 heterocycles. The average Bonchev–Trinajstić information content (AvgIpc) is 3.46. The summed E-state index contributed by atoms with van der Waals surface area (Å²) in [6.07, 6.45) is 5.54. The Morgan fingerprint density at radius 3 is 2.82 bits per heavy atom. The van der Waals surface area contributed by atoms with Gasteiger partial charge in [0.15, 0.2) is 0 Å². The summed E-state index contributed by atoms with van der Waals surface area (Å²) in [5.41, 5.74) is 5.07. The van der Waals surface area contributed by atoms with Gasteiger partial charge in [0.05, 0.1) is 42.3 Å². The summed E-state index contributed by atoms with van der Waals surface area (Å²) in [5, 5.41) is 8.38. The highest BCUT2D eigenvalue weighted by molar-refractivity contribution is 5.77. The number of fused-ring (bicyclic) bond motifs is 1. The van der Waals surface area contributed by atoms with Crippen LogP contribution in [0.2, 0.25) is 0 Å². The first-order valence-corrected chi connectivity index (χ1v) is 9.43. The van der Waals surface area contributed by atoms with Crippen LogP contribution in [-0.4, -0.2) is 38.6 Å². The number of aryl methyl sites for hydroxylation is 1. The summed E-state index contributed by atoms with van der Waals surface area (Å²) >= 11 is 0. The third-order valence-corrected chi connectivity index (χ3v) is 5.32. The first-order chi connectivity index (χ1) is 13.7. The molecule has 1 saturated heterocycles. The van der Waals surface area contributed by atoms with Gasteiger partial charge in [-0.3, -0.25) is 0 Å². The Morgan fingerprint density at radius 2 is 2.04 bits per heavy atom. The van der Waals surface area contributed by atoms with Crippen LogP contribution >= 0.6 is 0 Å². The lowest BCUT2D eigenvalue weighted by atomic mass is 10.1. The van der Waals surface area contributed by atoms with Gasteiger partial charge in [0.1, 0.15) is 11.6 Å². The second-order valence-electron chi connectivity index (χ2n) is 7.03. The van der Waals surface area contributed by atoms with Crippen molar-refractivity contribution in [2.45, 2.75) is 25.8 Å². The first-order valence-electron chi connectivity index (χ1n) is 9.43. The van der Waals surface area contributed by atoms with Crippen molar-refractivity contribution in [1.82, 2.24) is 25.0 Å². The van der Waals surface area contributed by atoms with Crippen LogP contribution in [0, 0.1) is 13.0 Å². The lowest BCUT2D eigenvalue weighted by molar-refractivity contribution is 0.415. The van der Waals surface area contributed by atoms with Crippen LogP contribution < -0.4 is 9.64 Å². The van der Waals surface area contributed by atoms with E-state index in [9.17, 15) is 0 Å². The predicted octanol–water partition coefficient (Wildman–Crippen LogP) is 3.60. The quantitative estimate of drug-likeness (QED) is 0.592. The van der Waals surface area contributed by atoms with Crippen LogP contribution in [0.4, 0.5) is 5.69 Å². The van der Waals surface area contributed by atoms with Crippen LogP contribution in [0.15, 0.2) is 42.7 Å². The Labute approximate surface area is 163 Å². The van der Waals surface area contributed by atoms with Crippen molar-refractivity contribution in [3.05, 3.63) is 60.2 Å². The van der Waals surface area contributed by atoms with Crippen LogP contribution in [0.25, 0.3) is 16.7 Å². The van der Waals surface area contributed by atoms with E-state index in [-0.39, 0.29) is 6.04 Å². The van der Waals surface area contributed by atoms with E-state index < -0.39 is 0 Å². The largest absolute Gasteiger partial charge is 0.497 e. The van der Waals surface area contributed by atoms with Crippen molar-refractivity contribution in [2.24, 2.45) is 0 Å². The highest BCUT2D eigenvalue weighted by Crippen LogP contribution is 2.37. The van der Waals surface area contributed by atoms with Crippen LogP contribution in [0.1, 0.15) is 30.3 Å². The molecule has 7 nitrogen and oxygen atoms in total. The van der Waals surface area contributed by atoms with E-state index in [4.69, 9.17) is 9.72 Å². The van der Waals surface area contributed by atoms with E-state index in [0.717, 1.165) is 53.2 Å². The number of nitrogens with one attached hydrogen (secondary N) is 1. The number of nitrogens with zero attached hydrogens (tertiary/aromatic N) is 5. The third kappa shape index (κ3) is 2.79. The van der Waals surface area contributed by atoms with E-state index in [1.54, 1.807) is 24.3 Å². The molecule has 1 aliphatic heterocycles. The average molecular weight is 373 g/mol. The zero-order valence-corrected chi connectivity index (χ0v) is 15.9. The van der Waals surface area contributed by atoms with E-state index in [1.807, 2.05) is 24.3 Å². The number of rotatable bonds is 4. The van der Waals surface area contributed by atoms with E-state index in [1.165, 1.54) is 5.69 Å². The smallest absolute Gasteiger partial charge is 0.130 e. The summed E-state index contributed by atoms with van der Waals surface area (Å²) in [7, 11) is 1.68. The standard InChI is InChI=1S/C21H21N6O/c1-14-12-15(27-22-9-10-23-27)5-8-19(14)26-11-3-4-20(26)21-24-17-7-6-16(28-2)13-18(17)25-21/h5-10,13,20H,3-4,11H2,1-2H3,(H,24,25)/t20-/m0/s1. The molecule has 4 aromatic rings. The predicted molar refractivity (Wildman–Crippen MR) is 107 cm³/mol. The molecule has 1 N–H and O–H groups in total. The van der Waals surface area contributed by atoms with Crippen molar-refractivity contribution >= 4 is 16.7 Å². The Balaban J connectivity index is 1.48. The number of H-pyrrole nitrogens is 1. The maximum absolute atomic E-state index is 5.33. The van der Waals surface area contributed by atoms with Crippen LogP contribution in [0.3, 0.4) is 0 Å². The molecule has 1 atom stereocenters. The third-order valence-electron chi connectivity index (χ3n) is 5.32. The highest BCUT2D eigenvalue weighted by Gasteiger charge is 2.29. The molecule has 0 bridgehead atoms. The fourth-order valence-corrected chi connectivity index (χ4v) is 3.98. The molecule has 0 unspecified atom stereocenters. The van der Waals surface area contributed by atoms with Gasteiger partial charge in [-0.1, -0.05) is 0 Å². The zero-order chi connectivity index (χ0) is 19.1. The van der Waals surface area contributed by atoms with Gasteiger partial charge in [0.25, 0.3) is 0 Å². The van der Waals surface area contributed by atoms with Crippen molar-refractivity contribution < 1.29 is 4.74 Å². The van der Waals surface area contributed by atoms with E-state index in [2.05, 4.69) is 39.1 Å². The summed E-state index contributed by atoms with van der Waals surface area (Å²) in [5.74, 6) is 1.83. The van der Waals surface area contributed by atoms with Crippen molar-refractivity contribution in [2.75, 3.05) is 18.6 Å². The van der Waals surface area contributed by atoms with Gasteiger partial charge in [-0.25, -0.2) is 4.98 Å². The molecule has 2 aromatic heterocycles. The number of aromatic amines is 1. The van der Waals surface area contributed by atoms with Gasteiger partial charge >= 0.3 is 0 Å². The van der Waals surface area contributed by atoms with E-state index in [0.29, 0.717) is 0 Å². The molecular weight excluding hydrogens is 352 g/mol. The molecular formula is C21H21N6O. The topological polar surface area (TPSA) is 71.9 Å². The SMILES string of the molecule is COc1ccc2nc([C@@H]3CCCN3c3ccc(-n4nccn4)[c]c3C)[nH]c2c1. The Hall–Kier alpha value is -3.35. The molecule has 1 radical (unpaired) electrons. The van der Waals surface area contributed by atoms with Gasteiger partial charge in [0.2, 0.25) is 0 Å². The monoisotopic (exact) mass is 373 g/mol. The normalized spacial score (nSPS) is 16.8. The molecule has 0 saturated carbocycles. The molecule has 1 aliphatic rings. The number of methoxy groups -OCH3 is 1. The molecule has 7 heteroatoms. The maximum Gasteiger partial charge on any atom is 0.130 e. The summed E-state index contributed by atoms with van der Waals surface area (Å²) in [4.78, 5) is 12.4. The van der Waals surface area contributed by atoms with Crippen molar-refractivity contribution in [1.29, 1.82) is 0 Å². The van der Waals surface area contributed by atoms with Crippen molar-refractivity contribution in [3.8, 4) is 11.4 Å². The first kappa shape index (κ1) is 16.8. The molecule has 0 spiro atoms. The minimum atomic E-state index is 0.221. The number of aromatic nitrogens is 5. The Morgan fingerprint density at radius 1 is 1.18 bits per heavy atom. The fourth-order valence-electron chi connectivity index (χ4n) is 3.98. The molecule has 0 aliphatic carbocycles. The number of ether oxygens (including phenoxy) is 1. The molecule has 5 rings (SSSR count). The number of benzene rings is 2. The summed E-state index contributed by atoms with van der Waals surface area (Å²) in [6.45, 7) is 3.08. The second-order valence-corrected chi connectivity index (χ2v) is 7.03. The van der Waals surface area contributed by atoms with Gasteiger partial charge in [-0.2, -0.15) is 15.0 Å². The second kappa shape index (κ2) is 6.67. The molecule has 141 valence electrons. The Bertz CT molecular complexity index is 1120. The molecule has 0 amide bonds. The fraction of sp³-hybridized carbons (Fsp3) is 0.286. The highest BCUT2D eigenvalue weighted by atomic mass is 16.5. The van der Waals surface area contributed by atoms with Gasteiger partial charge in [-0.15, -0.1) is 0 Å². The maximum atomic E-state index is 5.33. The zero-order valence-electron chi connectivity index (χ0n) is 15.9. The minimum Gasteiger partial charge on any atom is -0.497 e. The number of imidazole rings is 1. The van der Waals surface area contributed by atoms with E-state index >= 15 is 0 Å². The van der Waals surface area contributed by atoms with Crippen molar-refractivity contribution in [3.63, 3.8) is 0 Å². The van der Waals surface area contributed by atoms with Crippen LogP contribution in [0.5, 0.6) is 5.75 Å². The minimum absolute atomic E-state index is 0.221. The molecule has 28 heavy (non-hydrogen) atoms. The lowest BCUT2D eigenvalue weighted by Crippen LogP contribution is -2.24. The number of hydrogen-bond acceptors (Lipinski definition) is 5.